The molecule has 25 heavy (non-hydrogen) atoms. The lowest BCUT2D eigenvalue weighted by Crippen LogP contribution is -2.39. The number of methoxy groups -OCH3 is 1. The van der Waals surface area contributed by atoms with Gasteiger partial charge in [0.2, 0.25) is 0 Å². The van der Waals surface area contributed by atoms with E-state index in [0.29, 0.717) is 0 Å². The first-order valence-electron chi connectivity index (χ1n) is 8.58. The fourth-order valence-corrected chi connectivity index (χ4v) is 2.51. The highest BCUT2D eigenvalue weighted by Crippen LogP contribution is 2.11. The molecule has 142 valence electrons. The summed E-state index contributed by atoms with van der Waals surface area (Å²) in [6, 6.07) is 8.14. The molecule has 1 fully saturated rings. The van der Waals surface area contributed by atoms with Crippen molar-refractivity contribution in [1.29, 1.82) is 0 Å². The Morgan fingerprint density at radius 2 is 2.00 bits per heavy atom. The molecule has 1 atom stereocenters. The molecule has 1 aromatic carbocycles. The quantitative estimate of drug-likeness (QED) is 0.255. The minimum absolute atomic E-state index is 0. The van der Waals surface area contributed by atoms with Gasteiger partial charge in [0, 0.05) is 33.4 Å². The molecule has 7 heteroatoms. The number of halogens is 1. The molecule has 0 amide bonds. The van der Waals surface area contributed by atoms with Crippen LogP contribution in [0.2, 0.25) is 0 Å². The van der Waals surface area contributed by atoms with Crippen molar-refractivity contribution >= 4 is 29.9 Å². The summed E-state index contributed by atoms with van der Waals surface area (Å²) < 4.78 is 16.2. The second kappa shape index (κ2) is 13.2. The topological polar surface area (TPSA) is 64.1 Å². The SMILES string of the molecule is CN=C(NCCCOC1CCOC1)NCCc1ccc(OC)cc1.I. The zero-order valence-corrected chi connectivity index (χ0v) is 17.5. The van der Waals surface area contributed by atoms with Crippen LogP contribution in [0.4, 0.5) is 0 Å². The first-order valence-corrected chi connectivity index (χ1v) is 8.58. The predicted octanol–water partition coefficient (Wildman–Crippen LogP) is 2.22. The maximum Gasteiger partial charge on any atom is 0.190 e. The summed E-state index contributed by atoms with van der Waals surface area (Å²) in [5.41, 5.74) is 1.27. The third-order valence-electron chi connectivity index (χ3n) is 3.94. The molecule has 1 aromatic rings. The third-order valence-corrected chi connectivity index (χ3v) is 3.94. The average molecular weight is 463 g/mol. The summed E-state index contributed by atoms with van der Waals surface area (Å²) in [6.45, 7) is 4.00. The van der Waals surface area contributed by atoms with E-state index >= 15 is 0 Å². The Morgan fingerprint density at radius 1 is 1.24 bits per heavy atom. The van der Waals surface area contributed by atoms with Gasteiger partial charge in [-0.3, -0.25) is 4.99 Å². The molecule has 6 nitrogen and oxygen atoms in total. The fraction of sp³-hybridized carbons (Fsp3) is 0.611. The first kappa shape index (κ1) is 22.0. The lowest BCUT2D eigenvalue weighted by atomic mass is 10.1. The van der Waals surface area contributed by atoms with Gasteiger partial charge in [0.15, 0.2) is 5.96 Å². The van der Waals surface area contributed by atoms with E-state index < -0.39 is 0 Å². The molecule has 0 aliphatic carbocycles. The van der Waals surface area contributed by atoms with E-state index in [-0.39, 0.29) is 30.1 Å². The molecule has 0 spiro atoms. The summed E-state index contributed by atoms with van der Waals surface area (Å²) in [4.78, 5) is 4.24. The van der Waals surface area contributed by atoms with Gasteiger partial charge in [-0.15, -0.1) is 24.0 Å². The number of ether oxygens (including phenoxy) is 3. The summed E-state index contributed by atoms with van der Waals surface area (Å²) in [6.07, 6.45) is 3.19. The van der Waals surface area contributed by atoms with E-state index in [1.165, 1.54) is 5.56 Å². The molecular weight excluding hydrogens is 433 g/mol. The van der Waals surface area contributed by atoms with Crippen molar-refractivity contribution < 1.29 is 14.2 Å². The molecule has 1 unspecified atom stereocenters. The molecule has 1 aliphatic heterocycles. The average Bonchev–Trinajstić information content (AvgIpc) is 3.14. The minimum Gasteiger partial charge on any atom is -0.497 e. The zero-order chi connectivity index (χ0) is 17.0. The van der Waals surface area contributed by atoms with Crippen LogP contribution in [0.5, 0.6) is 5.75 Å². The summed E-state index contributed by atoms with van der Waals surface area (Å²) in [5, 5.41) is 6.63. The highest BCUT2D eigenvalue weighted by molar-refractivity contribution is 14.0. The van der Waals surface area contributed by atoms with Crippen molar-refractivity contribution in [2.24, 2.45) is 4.99 Å². The van der Waals surface area contributed by atoms with E-state index in [1.54, 1.807) is 14.2 Å². The third kappa shape index (κ3) is 8.73. The number of aliphatic imine (C=N–C) groups is 1. The van der Waals surface area contributed by atoms with Crippen molar-refractivity contribution in [3.8, 4) is 5.75 Å². The molecule has 1 heterocycles. The Hall–Kier alpha value is -1.06. The van der Waals surface area contributed by atoms with Crippen molar-refractivity contribution in [3.05, 3.63) is 29.8 Å². The second-order valence-corrected chi connectivity index (χ2v) is 5.73. The van der Waals surface area contributed by atoms with Crippen LogP contribution in [-0.2, 0) is 15.9 Å². The molecule has 2 rings (SSSR count). The van der Waals surface area contributed by atoms with Crippen LogP contribution >= 0.6 is 24.0 Å². The number of benzene rings is 1. The van der Waals surface area contributed by atoms with E-state index in [4.69, 9.17) is 14.2 Å². The van der Waals surface area contributed by atoms with Gasteiger partial charge in [0.25, 0.3) is 0 Å². The number of guanidine groups is 1. The van der Waals surface area contributed by atoms with Gasteiger partial charge in [-0.25, -0.2) is 0 Å². The highest BCUT2D eigenvalue weighted by Gasteiger charge is 2.15. The molecule has 0 bridgehead atoms. The molecule has 0 saturated carbocycles. The largest absolute Gasteiger partial charge is 0.497 e. The molecule has 1 aliphatic rings. The zero-order valence-electron chi connectivity index (χ0n) is 15.1. The van der Waals surface area contributed by atoms with Gasteiger partial charge >= 0.3 is 0 Å². The van der Waals surface area contributed by atoms with Gasteiger partial charge in [-0.2, -0.15) is 0 Å². The standard InChI is InChI=1S/C18H29N3O3.HI/c1-19-18(20-10-3-12-24-17-9-13-23-14-17)21-11-8-15-4-6-16(22-2)7-5-15;/h4-7,17H,3,8-14H2,1-2H3,(H2,19,20,21);1H. The monoisotopic (exact) mass is 463 g/mol. The number of rotatable bonds is 9. The molecule has 0 radical (unpaired) electrons. The lowest BCUT2D eigenvalue weighted by molar-refractivity contribution is 0.0420. The maximum absolute atomic E-state index is 5.74. The summed E-state index contributed by atoms with van der Waals surface area (Å²) in [5.74, 6) is 1.71. The van der Waals surface area contributed by atoms with Crippen molar-refractivity contribution in [2.45, 2.75) is 25.4 Å². The van der Waals surface area contributed by atoms with Gasteiger partial charge in [-0.05, 0) is 37.0 Å². The van der Waals surface area contributed by atoms with Crippen molar-refractivity contribution in [3.63, 3.8) is 0 Å². The Bertz CT molecular complexity index is 491. The Kier molecular flexibility index (Phi) is 11.6. The van der Waals surface area contributed by atoms with Crippen LogP contribution in [0.1, 0.15) is 18.4 Å². The number of nitrogens with one attached hydrogen (secondary N) is 2. The molecule has 0 aromatic heterocycles. The van der Waals surface area contributed by atoms with Crippen LogP contribution in [0.25, 0.3) is 0 Å². The Morgan fingerprint density at radius 3 is 2.64 bits per heavy atom. The highest BCUT2D eigenvalue weighted by atomic mass is 127. The smallest absolute Gasteiger partial charge is 0.190 e. The summed E-state index contributed by atoms with van der Waals surface area (Å²) in [7, 11) is 3.47. The van der Waals surface area contributed by atoms with Crippen LogP contribution in [0.15, 0.2) is 29.3 Å². The van der Waals surface area contributed by atoms with Crippen LogP contribution in [0, 0.1) is 0 Å². The van der Waals surface area contributed by atoms with E-state index in [9.17, 15) is 0 Å². The van der Waals surface area contributed by atoms with Crippen LogP contribution in [-0.4, -0.2) is 59.1 Å². The van der Waals surface area contributed by atoms with Gasteiger partial charge in [-0.1, -0.05) is 12.1 Å². The van der Waals surface area contributed by atoms with Gasteiger partial charge < -0.3 is 24.8 Å². The van der Waals surface area contributed by atoms with Crippen LogP contribution < -0.4 is 15.4 Å². The van der Waals surface area contributed by atoms with Crippen molar-refractivity contribution in [2.75, 3.05) is 47.1 Å². The first-order chi connectivity index (χ1) is 11.8. The summed E-state index contributed by atoms with van der Waals surface area (Å²) >= 11 is 0. The minimum atomic E-state index is 0. The van der Waals surface area contributed by atoms with E-state index in [0.717, 1.165) is 63.9 Å². The molecular formula is C18H30IN3O3. The Balaban J connectivity index is 0.00000312. The fourth-order valence-electron chi connectivity index (χ4n) is 2.51. The van der Waals surface area contributed by atoms with Crippen LogP contribution in [0.3, 0.4) is 0 Å². The predicted molar refractivity (Wildman–Crippen MR) is 111 cm³/mol. The normalized spacial score (nSPS) is 17.0. The van der Waals surface area contributed by atoms with E-state index in [1.807, 2.05) is 12.1 Å². The van der Waals surface area contributed by atoms with E-state index in [2.05, 4.69) is 27.8 Å². The number of hydrogen-bond donors (Lipinski definition) is 2. The van der Waals surface area contributed by atoms with Gasteiger partial charge in [0.05, 0.1) is 19.8 Å². The lowest BCUT2D eigenvalue weighted by Gasteiger charge is -2.13. The maximum atomic E-state index is 5.74. The van der Waals surface area contributed by atoms with Crippen molar-refractivity contribution in [1.82, 2.24) is 10.6 Å². The second-order valence-electron chi connectivity index (χ2n) is 5.73. The van der Waals surface area contributed by atoms with Gasteiger partial charge in [0.1, 0.15) is 5.75 Å². The number of nitrogens with zero attached hydrogens (tertiary/aromatic N) is 1. The Labute approximate surface area is 167 Å². The number of hydrogen-bond acceptors (Lipinski definition) is 4. The molecule has 1 saturated heterocycles. The molecule has 2 N–H and O–H groups in total.